The van der Waals surface area contributed by atoms with Gasteiger partial charge in [0.15, 0.2) is 0 Å². The van der Waals surface area contributed by atoms with E-state index in [9.17, 15) is 13.2 Å². The molecule has 0 aliphatic carbocycles. The van der Waals surface area contributed by atoms with Crippen LogP contribution in [-0.4, -0.2) is 43.2 Å². The Bertz CT molecular complexity index is 997. The van der Waals surface area contributed by atoms with Crippen molar-refractivity contribution in [1.82, 2.24) is 9.21 Å². The predicted molar refractivity (Wildman–Crippen MR) is 118 cm³/mol. The van der Waals surface area contributed by atoms with E-state index in [2.05, 4.69) is 12.1 Å². The number of amides is 1. The van der Waals surface area contributed by atoms with Crippen LogP contribution in [-0.2, 0) is 14.8 Å². The van der Waals surface area contributed by atoms with E-state index in [-0.39, 0.29) is 29.3 Å². The molecular weight excluding hydrogens is 420 g/mol. The fourth-order valence-corrected chi connectivity index (χ4v) is 6.42. The van der Waals surface area contributed by atoms with Gasteiger partial charge in [-0.25, -0.2) is 8.42 Å². The molecule has 2 unspecified atom stereocenters. The molecule has 7 heteroatoms. The van der Waals surface area contributed by atoms with Crippen LogP contribution in [0.3, 0.4) is 0 Å². The van der Waals surface area contributed by atoms with Crippen LogP contribution in [0.1, 0.15) is 43.7 Å². The van der Waals surface area contributed by atoms with Gasteiger partial charge in [-0.05, 0) is 55.9 Å². The highest BCUT2D eigenvalue weighted by molar-refractivity contribution is 7.89. The third-order valence-corrected chi connectivity index (χ3v) is 8.23. The van der Waals surface area contributed by atoms with E-state index in [1.807, 2.05) is 23.1 Å². The summed E-state index contributed by atoms with van der Waals surface area (Å²) in [6.07, 6.45) is 4.45. The van der Waals surface area contributed by atoms with Crippen LogP contribution in [0.5, 0.6) is 0 Å². The van der Waals surface area contributed by atoms with Crippen molar-refractivity contribution in [3.8, 4) is 0 Å². The van der Waals surface area contributed by atoms with Crippen molar-refractivity contribution in [2.24, 2.45) is 5.92 Å². The molecule has 0 spiro atoms. The van der Waals surface area contributed by atoms with Gasteiger partial charge in [0.25, 0.3) is 0 Å². The summed E-state index contributed by atoms with van der Waals surface area (Å²) in [5.74, 6) is -0.230. The summed E-state index contributed by atoms with van der Waals surface area (Å²) in [4.78, 5) is 15.7. The molecule has 2 aromatic carbocycles. The van der Waals surface area contributed by atoms with E-state index in [0.29, 0.717) is 18.0 Å². The lowest BCUT2D eigenvalue weighted by Gasteiger charge is -2.40. The Labute approximate surface area is 183 Å². The Kier molecular flexibility index (Phi) is 6.46. The lowest BCUT2D eigenvalue weighted by atomic mass is 9.91. The van der Waals surface area contributed by atoms with Crippen LogP contribution in [0.2, 0.25) is 5.02 Å². The lowest BCUT2D eigenvalue weighted by Crippen LogP contribution is -2.48. The summed E-state index contributed by atoms with van der Waals surface area (Å²) in [5, 5.41) is 0.389. The van der Waals surface area contributed by atoms with Crippen LogP contribution in [0.15, 0.2) is 59.5 Å². The Morgan fingerprint density at radius 3 is 2.50 bits per heavy atom. The first kappa shape index (κ1) is 21.3. The van der Waals surface area contributed by atoms with Crippen LogP contribution in [0.25, 0.3) is 0 Å². The largest absolute Gasteiger partial charge is 0.335 e. The number of sulfonamides is 1. The minimum absolute atomic E-state index is 0.0763. The number of benzene rings is 2. The Balaban J connectivity index is 1.53. The molecule has 0 N–H and O–H groups in total. The molecular formula is C23H27ClN2O3S. The van der Waals surface area contributed by atoms with Gasteiger partial charge in [0, 0.05) is 24.7 Å². The smallest absolute Gasteiger partial charge is 0.243 e. The molecule has 2 atom stereocenters. The van der Waals surface area contributed by atoms with Crippen molar-refractivity contribution >= 4 is 27.5 Å². The van der Waals surface area contributed by atoms with Gasteiger partial charge in [0.05, 0.1) is 16.9 Å². The van der Waals surface area contributed by atoms with Gasteiger partial charge in [-0.2, -0.15) is 4.31 Å². The number of hydrogen-bond donors (Lipinski definition) is 0. The molecule has 1 amide bonds. The van der Waals surface area contributed by atoms with Gasteiger partial charge in [-0.3, -0.25) is 4.79 Å². The van der Waals surface area contributed by atoms with Gasteiger partial charge < -0.3 is 4.90 Å². The first-order chi connectivity index (χ1) is 14.5. The maximum Gasteiger partial charge on any atom is 0.243 e. The van der Waals surface area contributed by atoms with Crippen LogP contribution in [0.4, 0.5) is 0 Å². The highest BCUT2D eigenvalue weighted by Crippen LogP contribution is 2.34. The van der Waals surface area contributed by atoms with E-state index in [0.717, 1.165) is 37.8 Å². The van der Waals surface area contributed by atoms with Crippen LogP contribution < -0.4 is 0 Å². The van der Waals surface area contributed by atoms with E-state index >= 15 is 0 Å². The molecule has 0 saturated carbocycles. The molecule has 0 radical (unpaired) electrons. The van der Waals surface area contributed by atoms with E-state index < -0.39 is 10.0 Å². The SMILES string of the molecule is O=C(C1CCCN(S(=O)(=O)c2cccc(Cl)c2)C1)N1CCCCC1c1ccccc1. The first-order valence-electron chi connectivity index (χ1n) is 10.6. The number of halogens is 1. The van der Waals surface area contributed by atoms with Gasteiger partial charge in [-0.1, -0.05) is 48.0 Å². The molecule has 4 rings (SSSR count). The number of hydrogen-bond acceptors (Lipinski definition) is 3. The van der Waals surface area contributed by atoms with Gasteiger partial charge in [0.2, 0.25) is 15.9 Å². The van der Waals surface area contributed by atoms with E-state index in [1.165, 1.54) is 10.4 Å². The summed E-state index contributed by atoms with van der Waals surface area (Å²) < 4.78 is 27.7. The molecule has 2 heterocycles. The number of carbonyl (C=O) groups excluding carboxylic acids is 1. The quantitative estimate of drug-likeness (QED) is 0.695. The highest BCUT2D eigenvalue weighted by atomic mass is 35.5. The molecule has 0 bridgehead atoms. The molecule has 30 heavy (non-hydrogen) atoms. The summed E-state index contributed by atoms with van der Waals surface area (Å²) in [5.41, 5.74) is 1.16. The average Bonchev–Trinajstić information content (AvgIpc) is 2.79. The number of piperidine rings is 2. The summed E-state index contributed by atoms with van der Waals surface area (Å²) >= 11 is 6.00. The third-order valence-electron chi connectivity index (χ3n) is 6.14. The number of likely N-dealkylation sites (tertiary alicyclic amines) is 1. The fraction of sp³-hybridized carbons (Fsp3) is 0.435. The van der Waals surface area contributed by atoms with Gasteiger partial charge in [0.1, 0.15) is 0 Å². The van der Waals surface area contributed by atoms with Crippen molar-refractivity contribution < 1.29 is 13.2 Å². The second-order valence-electron chi connectivity index (χ2n) is 8.11. The first-order valence-corrected chi connectivity index (χ1v) is 12.4. The van der Waals surface area contributed by atoms with Crippen molar-refractivity contribution in [2.75, 3.05) is 19.6 Å². The second-order valence-corrected chi connectivity index (χ2v) is 10.5. The number of carbonyl (C=O) groups is 1. The summed E-state index contributed by atoms with van der Waals surface area (Å²) in [6.45, 7) is 1.39. The minimum atomic E-state index is -3.67. The Hall–Kier alpha value is -1.89. The fourth-order valence-electron chi connectivity index (χ4n) is 4.59. The minimum Gasteiger partial charge on any atom is -0.335 e. The predicted octanol–water partition coefficient (Wildman–Crippen LogP) is 4.49. The molecule has 2 aliphatic heterocycles. The van der Waals surface area contributed by atoms with Crippen molar-refractivity contribution in [3.05, 3.63) is 65.2 Å². The second kappa shape index (κ2) is 9.08. The van der Waals surface area contributed by atoms with Crippen LogP contribution >= 0.6 is 11.6 Å². The normalized spacial score (nSPS) is 23.3. The maximum absolute atomic E-state index is 13.5. The molecule has 2 aliphatic rings. The maximum atomic E-state index is 13.5. The summed E-state index contributed by atoms with van der Waals surface area (Å²) in [6, 6.07) is 16.6. The standard InChI is InChI=1S/C23H27ClN2O3S/c24-20-11-6-12-21(16-20)30(28,29)25-14-7-10-19(17-25)23(27)26-15-5-4-13-22(26)18-8-2-1-3-9-18/h1-3,6,8-9,11-12,16,19,22H,4-5,7,10,13-15,17H2. The topological polar surface area (TPSA) is 57.7 Å². The number of nitrogens with zero attached hydrogens (tertiary/aromatic N) is 2. The third kappa shape index (κ3) is 4.41. The zero-order chi connectivity index (χ0) is 21.1. The van der Waals surface area contributed by atoms with Gasteiger partial charge in [-0.15, -0.1) is 0 Å². The molecule has 5 nitrogen and oxygen atoms in total. The van der Waals surface area contributed by atoms with Crippen molar-refractivity contribution in [2.45, 2.75) is 43.0 Å². The van der Waals surface area contributed by atoms with E-state index in [1.54, 1.807) is 18.2 Å². The molecule has 2 fully saturated rings. The monoisotopic (exact) mass is 446 g/mol. The molecule has 2 aromatic rings. The van der Waals surface area contributed by atoms with Crippen LogP contribution in [0, 0.1) is 5.92 Å². The molecule has 160 valence electrons. The highest BCUT2D eigenvalue weighted by Gasteiger charge is 2.37. The summed E-state index contributed by atoms with van der Waals surface area (Å²) in [7, 11) is -3.67. The zero-order valence-corrected chi connectivity index (χ0v) is 18.5. The number of rotatable bonds is 4. The van der Waals surface area contributed by atoms with Gasteiger partial charge >= 0.3 is 0 Å². The lowest BCUT2D eigenvalue weighted by molar-refractivity contribution is -0.140. The Morgan fingerprint density at radius 1 is 0.933 bits per heavy atom. The zero-order valence-electron chi connectivity index (χ0n) is 16.9. The molecule has 0 aromatic heterocycles. The van der Waals surface area contributed by atoms with E-state index in [4.69, 9.17) is 11.6 Å². The van der Waals surface area contributed by atoms with Crippen molar-refractivity contribution in [3.63, 3.8) is 0 Å². The van der Waals surface area contributed by atoms with Crippen molar-refractivity contribution in [1.29, 1.82) is 0 Å². The Morgan fingerprint density at radius 2 is 1.73 bits per heavy atom. The average molecular weight is 447 g/mol. The molecule has 2 saturated heterocycles.